The van der Waals surface area contributed by atoms with E-state index in [1.54, 1.807) is 35.4 Å². The molecule has 0 saturated carbocycles. The summed E-state index contributed by atoms with van der Waals surface area (Å²) in [5.74, 6) is -0.316. The molecule has 52 heavy (non-hydrogen) atoms. The third-order valence-corrected chi connectivity index (χ3v) is 10.3. The second kappa shape index (κ2) is 16.0. The Balaban J connectivity index is 1.39. The number of carbonyl (C=O) groups excluding carboxylic acids is 2. The highest BCUT2D eigenvalue weighted by Gasteiger charge is 2.34. The van der Waals surface area contributed by atoms with Gasteiger partial charge in [-0.25, -0.2) is 0 Å². The van der Waals surface area contributed by atoms with Gasteiger partial charge in [-0.2, -0.15) is 5.10 Å². The number of allylic oxidation sites excluding steroid dienone is 3. The number of H-pyrrole nitrogens is 1. The Morgan fingerprint density at radius 3 is 2.56 bits per heavy atom. The first-order valence-corrected chi connectivity index (χ1v) is 17.8. The van der Waals surface area contributed by atoms with Gasteiger partial charge in [0.15, 0.2) is 0 Å². The molecule has 2 aliphatic rings. The topological polar surface area (TPSA) is 86.7 Å². The molecule has 4 aromatic rings. The van der Waals surface area contributed by atoms with Crippen LogP contribution in [-0.4, -0.2) is 88.4 Å². The van der Waals surface area contributed by atoms with Gasteiger partial charge in [-0.15, -0.1) is 0 Å². The monoisotopic (exact) mass is 716 g/mol. The lowest BCUT2D eigenvalue weighted by Crippen LogP contribution is -2.51. The first-order valence-electron chi connectivity index (χ1n) is 17.4. The summed E-state index contributed by atoms with van der Waals surface area (Å²) in [6.07, 6.45) is 11.4. The number of benzene rings is 2. The molecule has 6 rings (SSSR count). The van der Waals surface area contributed by atoms with Crippen molar-refractivity contribution in [2.75, 3.05) is 50.8 Å². The number of carbonyl (C=O) groups is 2. The third kappa shape index (κ3) is 7.53. The van der Waals surface area contributed by atoms with Gasteiger partial charge in [0, 0.05) is 77.9 Å². The molecule has 2 amide bonds. The molecule has 10 heteroatoms. The SMILES string of the molecule is C=C/C=C\C(=C)CN(C(=O)c1cc(-c2cc(Cl)ccc2C(=O)N2CC(C=C)=C(C=C)CC2CN2CCOCC2)n(C)c1C)c1ccc2[nH]ncc2c1. The number of fused-ring (bicyclic) bond motifs is 1. The molecule has 1 atom stereocenters. The first-order chi connectivity index (χ1) is 25.1. The number of halogens is 1. The molecule has 1 N–H and O–H groups in total. The van der Waals surface area contributed by atoms with Crippen LogP contribution < -0.4 is 4.90 Å². The number of rotatable bonds is 12. The van der Waals surface area contributed by atoms with Gasteiger partial charge in [-0.3, -0.25) is 19.6 Å². The molecular weight excluding hydrogens is 672 g/mol. The van der Waals surface area contributed by atoms with Crippen molar-refractivity contribution in [3.63, 3.8) is 0 Å². The van der Waals surface area contributed by atoms with Crippen LogP contribution in [0.3, 0.4) is 0 Å². The molecule has 2 aliphatic heterocycles. The van der Waals surface area contributed by atoms with Crippen molar-refractivity contribution in [2.24, 2.45) is 7.05 Å². The van der Waals surface area contributed by atoms with Crippen LogP contribution in [0.5, 0.6) is 0 Å². The maximum atomic E-state index is 14.8. The van der Waals surface area contributed by atoms with Crippen LogP contribution in [0.15, 0.2) is 122 Å². The van der Waals surface area contributed by atoms with Crippen molar-refractivity contribution in [3.05, 3.63) is 144 Å². The molecule has 9 nitrogen and oxygen atoms in total. The van der Waals surface area contributed by atoms with Crippen molar-refractivity contribution < 1.29 is 14.3 Å². The lowest BCUT2D eigenvalue weighted by atomic mass is 9.92. The number of hydrogen-bond acceptors (Lipinski definition) is 5. The molecule has 268 valence electrons. The quantitative estimate of drug-likeness (QED) is 0.152. The van der Waals surface area contributed by atoms with E-state index >= 15 is 0 Å². The summed E-state index contributed by atoms with van der Waals surface area (Å²) < 4.78 is 7.55. The zero-order valence-electron chi connectivity index (χ0n) is 29.9. The molecule has 1 unspecified atom stereocenters. The minimum Gasteiger partial charge on any atom is -0.379 e. The maximum Gasteiger partial charge on any atom is 0.260 e. The highest BCUT2D eigenvalue weighted by molar-refractivity contribution is 6.31. The van der Waals surface area contributed by atoms with Crippen molar-refractivity contribution in [3.8, 4) is 11.3 Å². The van der Waals surface area contributed by atoms with Crippen LogP contribution in [0.1, 0.15) is 32.8 Å². The van der Waals surface area contributed by atoms with Gasteiger partial charge < -0.3 is 19.1 Å². The minimum atomic E-state index is -0.204. The Labute approximate surface area is 310 Å². The van der Waals surface area contributed by atoms with Gasteiger partial charge in [0.2, 0.25) is 0 Å². The van der Waals surface area contributed by atoms with E-state index in [0.717, 1.165) is 53.0 Å². The normalized spacial score (nSPS) is 16.8. The van der Waals surface area contributed by atoms with Gasteiger partial charge in [0.25, 0.3) is 11.8 Å². The predicted molar refractivity (Wildman–Crippen MR) is 211 cm³/mol. The van der Waals surface area contributed by atoms with Crippen LogP contribution in [0.4, 0.5) is 5.69 Å². The number of amides is 2. The molecule has 4 heterocycles. The van der Waals surface area contributed by atoms with Crippen LogP contribution in [-0.2, 0) is 11.8 Å². The fourth-order valence-corrected chi connectivity index (χ4v) is 7.20. The lowest BCUT2D eigenvalue weighted by molar-refractivity contribution is 0.0218. The van der Waals surface area contributed by atoms with E-state index in [1.807, 2.05) is 72.0 Å². The Morgan fingerprint density at radius 1 is 1.06 bits per heavy atom. The van der Waals surface area contributed by atoms with E-state index in [9.17, 15) is 9.59 Å². The minimum absolute atomic E-state index is 0.0810. The Hall–Kier alpha value is -5.22. The number of anilines is 1. The molecule has 1 fully saturated rings. The van der Waals surface area contributed by atoms with E-state index in [2.05, 4.69) is 41.4 Å². The first kappa shape index (κ1) is 36.6. The van der Waals surface area contributed by atoms with Crippen LogP contribution in [0.2, 0.25) is 5.02 Å². The number of hydrogen-bond donors (Lipinski definition) is 1. The molecule has 2 aromatic heterocycles. The van der Waals surface area contributed by atoms with Crippen molar-refractivity contribution in [1.29, 1.82) is 0 Å². The molecule has 0 bridgehead atoms. The molecule has 2 aromatic carbocycles. The number of aromatic amines is 1. The zero-order chi connectivity index (χ0) is 36.9. The van der Waals surface area contributed by atoms with E-state index < -0.39 is 0 Å². The maximum absolute atomic E-state index is 14.8. The second-order valence-corrected chi connectivity index (χ2v) is 13.7. The van der Waals surface area contributed by atoms with Crippen molar-refractivity contribution >= 4 is 40.0 Å². The molecule has 0 aliphatic carbocycles. The van der Waals surface area contributed by atoms with Gasteiger partial charge in [0.05, 0.1) is 37.0 Å². The summed E-state index contributed by atoms with van der Waals surface area (Å²) >= 11 is 6.64. The average Bonchev–Trinajstić information content (AvgIpc) is 3.75. The smallest absolute Gasteiger partial charge is 0.260 e. The van der Waals surface area contributed by atoms with Crippen LogP contribution in [0, 0.1) is 6.92 Å². The molecule has 0 radical (unpaired) electrons. The fourth-order valence-electron chi connectivity index (χ4n) is 7.03. The number of ether oxygens (including phenoxy) is 1. The number of nitrogens with zero attached hydrogens (tertiary/aromatic N) is 5. The average molecular weight is 717 g/mol. The highest BCUT2D eigenvalue weighted by atomic mass is 35.5. The fraction of sp³-hybridized carbons (Fsp3) is 0.262. The van der Waals surface area contributed by atoms with E-state index in [1.165, 1.54) is 0 Å². The summed E-state index contributed by atoms with van der Waals surface area (Å²) in [6, 6.07) is 12.9. The van der Waals surface area contributed by atoms with Crippen molar-refractivity contribution in [2.45, 2.75) is 19.4 Å². The van der Waals surface area contributed by atoms with Gasteiger partial charge in [0.1, 0.15) is 0 Å². The molecular formula is C42H45ClN6O3. The van der Waals surface area contributed by atoms with E-state index in [4.69, 9.17) is 16.3 Å². The summed E-state index contributed by atoms with van der Waals surface area (Å²) in [5, 5.41) is 8.50. The molecule has 0 spiro atoms. The lowest BCUT2D eigenvalue weighted by Gasteiger charge is -2.41. The Kier molecular flexibility index (Phi) is 11.2. The highest BCUT2D eigenvalue weighted by Crippen LogP contribution is 2.35. The number of morpholine rings is 1. The van der Waals surface area contributed by atoms with Gasteiger partial charge in [-0.1, -0.05) is 68.3 Å². The second-order valence-electron chi connectivity index (χ2n) is 13.2. The summed E-state index contributed by atoms with van der Waals surface area (Å²) in [6.45, 7) is 22.3. The van der Waals surface area contributed by atoms with E-state index in [-0.39, 0.29) is 24.4 Å². The Morgan fingerprint density at radius 2 is 1.83 bits per heavy atom. The number of aromatic nitrogens is 3. The van der Waals surface area contributed by atoms with Gasteiger partial charge in [-0.05, 0) is 72.5 Å². The number of nitrogens with one attached hydrogen (secondary N) is 1. The van der Waals surface area contributed by atoms with Crippen LogP contribution >= 0.6 is 11.6 Å². The summed E-state index contributed by atoms with van der Waals surface area (Å²) in [7, 11) is 1.90. The summed E-state index contributed by atoms with van der Waals surface area (Å²) in [4.78, 5) is 35.4. The Bertz CT molecular complexity index is 2110. The van der Waals surface area contributed by atoms with Gasteiger partial charge >= 0.3 is 0 Å². The standard InChI is InChI=1S/C42H45ClN6O3/c1-7-10-11-28(4)25-48(34-13-15-39-32(21-34)24-44-45-39)42(51)37-23-40(46(6)29(37)5)38-22-33(43)12-14-36(38)41(50)49-26-31(9-3)30(8-2)20-35(49)27-47-16-18-52-19-17-47/h7-15,21-24,35H,1-4,16-20,25-27H2,5-6H3,(H,44,45)/b11-10-. The van der Waals surface area contributed by atoms with Crippen molar-refractivity contribution in [1.82, 2.24) is 24.6 Å². The van der Waals surface area contributed by atoms with Crippen LogP contribution in [0.25, 0.3) is 22.2 Å². The molecule has 1 saturated heterocycles. The largest absolute Gasteiger partial charge is 0.379 e. The summed E-state index contributed by atoms with van der Waals surface area (Å²) in [5.41, 5.74) is 7.50. The third-order valence-electron chi connectivity index (χ3n) is 10.0. The predicted octanol–water partition coefficient (Wildman–Crippen LogP) is 7.69. The van der Waals surface area contributed by atoms with E-state index in [0.29, 0.717) is 59.3 Å². The zero-order valence-corrected chi connectivity index (χ0v) is 30.7.